The lowest BCUT2D eigenvalue weighted by Gasteiger charge is -2.25. The SMILES string of the molecule is CC(C)N1C(=O)c2ccc(C(=O)N3CCCC3c3nnc4n3CCCCC4)cc2S1(=O)=O. The van der Waals surface area contributed by atoms with Crippen LogP contribution in [0.2, 0.25) is 0 Å². The molecule has 2 amide bonds. The molecule has 5 rings (SSSR count). The van der Waals surface area contributed by atoms with Crippen LogP contribution in [0, 0.1) is 0 Å². The number of fused-ring (bicyclic) bond motifs is 2. The van der Waals surface area contributed by atoms with Crippen molar-refractivity contribution in [1.29, 1.82) is 0 Å². The average molecular weight is 458 g/mol. The highest BCUT2D eigenvalue weighted by Crippen LogP contribution is 2.36. The Labute approximate surface area is 187 Å². The maximum Gasteiger partial charge on any atom is 0.269 e. The lowest BCUT2D eigenvalue weighted by molar-refractivity contribution is 0.0725. The number of amides is 2. The average Bonchev–Trinajstić information content (AvgIpc) is 3.38. The van der Waals surface area contributed by atoms with Crippen LogP contribution >= 0.6 is 0 Å². The van der Waals surface area contributed by atoms with Crippen LogP contribution in [-0.4, -0.2) is 56.8 Å². The Morgan fingerprint density at radius 1 is 1.09 bits per heavy atom. The van der Waals surface area contributed by atoms with Crippen LogP contribution in [0.25, 0.3) is 0 Å². The van der Waals surface area contributed by atoms with Crippen molar-refractivity contribution in [3.8, 4) is 0 Å². The van der Waals surface area contributed by atoms with Gasteiger partial charge in [-0.15, -0.1) is 10.2 Å². The third-order valence-electron chi connectivity index (χ3n) is 6.61. The fourth-order valence-electron chi connectivity index (χ4n) is 5.09. The monoisotopic (exact) mass is 457 g/mol. The van der Waals surface area contributed by atoms with E-state index in [1.54, 1.807) is 24.8 Å². The predicted octanol–water partition coefficient (Wildman–Crippen LogP) is 2.53. The van der Waals surface area contributed by atoms with Crippen LogP contribution < -0.4 is 0 Å². The highest BCUT2D eigenvalue weighted by Gasteiger charge is 2.43. The second-order valence-corrected chi connectivity index (χ2v) is 10.8. The van der Waals surface area contributed by atoms with Gasteiger partial charge in [-0.05, 0) is 57.7 Å². The molecule has 0 aliphatic carbocycles. The molecule has 0 bridgehead atoms. The molecule has 1 aromatic carbocycles. The van der Waals surface area contributed by atoms with Gasteiger partial charge in [0.05, 0.1) is 11.6 Å². The molecule has 9 nitrogen and oxygen atoms in total. The lowest BCUT2D eigenvalue weighted by atomic mass is 10.1. The van der Waals surface area contributed by atoms with E-state index >= 15 is 0 Å². The van der Waals surface area contributed by atoms with Crippen LogP contribution in [0.4, 0.5) is 0 Å². The van der Waals surface area contributed by atoms with Crippen molar-refractivity contribution >= 4 is 21.8 Å². The van der Waals surface area contributed by atoms with Crippen LogP contribution in [0.5, 0.6) is 0 Å². The molecule has 3 aliphatic heterocycles. The molecule has 0 radical (unpaired) electrons. The standard InChI is InChI=1S/C22H27N5O4S/c1-14(2)27-22(29)16-10-9-15(13-18(16)32(27,30)31)21(28)25-12-6-7-17(25)20-24-23-19-8-4-3-5-11-26(19)20/h9-10,13-14,17H,3-8,11-12H2,1-2H3. The number of carbonyl (C=O) groups excluding carboxylic acids is 2. The zero-order chi connectivity index (χ0) is 22.6. The molecule has 170 valence electrons. The Kier molecular flexibility index (Phi) is 5.07. The van der Waals surface area contributed by atoms with E-state index in [-0.39, 0.29) is 28.0 Å². The molecular weight excluding hydrogens is 430 g/mol. The quantitative estimate of drug-likeness (QED) is 0.701. The Balaban J connectivity index is 1.48. The molecule has 1 fully saturated rings. The molecule has 32 heavy (non-hydrogen) atoms. The second-order valence-electron chi connectivity index (χ2n) is 9.00. The highest BCUT2D eigenvalue weighted by molar-refractivity contribution is 7.90. The molecular formula is C22H27N5O4S. The molecule has 1 saturated heterocycles. The number of likely N-dealkylation sites (tertiary alicyclic amines) is 1. The number of aromatic nitrogens is 3. The van der Waals surface area contributed by atoms with Gasteiger partial charge in [0.2, 0.25) is 0 Å². The highest BCUT2D eigenvalue weighted by atomic mass is 32.2. The first-order valence-electron chi connectivity index (χ1n) is 11.3. The van der Waals surface area contributed by atoms with Crippen molar-refractivity contribution in [1.82, 2.24) is 24.0 Å². The van der Waals surface area contributed by atoms with Crippen molar-refractivity contribution in [3.63, 3.8) is 0 Å². The maximum atomic E-state index is 13.5. The summed E-state index contributed by atoms with van der Waals surface area (Å²) < 4.78 is 28.9. The minimum Gasteiger partial charge on any atom is -0.328 e. The van der Waals surface area contributed by atoms with E-state index in [1.165, 1.54) is 12.1 Å². The molecule has 0 N–H and O–H groups in total. The Morgan fingerprint density at radius 2 is 1.91 bits per heavy atom. The van der Waals surface area contributed by atoms with Gasteiger partial charge in [0, 0.05) is 31.1 Å². The number of rotatable bonds is 3. The fraction of sp³-hybridized carbons (Fsp3) is 0.545. The van der Waals surface area contributed by atoms with Gasteiger partial charge in [-0.25, -0.2) is 12.7 Å². The van der Waals surface area contributed by atoms with Crippen molar-refractivity contribution in [2.45, 2.75) is 75.9 Å². The first-order chi connectivity index (χ1) is 15.3. The van der Waals surface area contributed by atoms with E-state index in [0.717, 1.165) is 61.0 Å². The summed E-state index contributed by atoms with van der Waals surface area (Å²) in [7, 11) is -3.96. The number of hydrogen-bond acceptors (Lipinski definition) is 6. The summed E-state index contributed by atoms with van der Waals surface area (Å²) in [6.45, 7) is 4.75. The van der Waals surface area contributed by atoms with Gasteiger partial charge < -0.3 is 9.47 Å². The first-order valence-corrected chi connectivity index (χ1v) is 12.7. The number of aryl methyl sites for hydroxylation is 1. The molecule has 1 aromatic heterocycles. The number of hydrogen-bond donors (Lipinski definition) is 0. The van der Waals surface area contributed by atoms with Gasteiger partial charge in [-0.3, -0.25) is 9.59 Å². The fourth-order valence-corrected chi connectivity index (χ4v) is 6.88. The van der Waals surface area contributed by atoms with Gasteiger partial charge in [0.1, 0.15) is 10.7 Å². The summed E-state index contributed by atoms with van der Waals surface area (Å²) in [5, 5.41) is 8.82. The van der Waals surface area contributed by atoms with Crippen molar-refractivity contribution < 1.29 is 18.0 Å². The molecule has 10 heteroatoms. The van der Waals surface area contributed by atoms with E-state index in [9.17, 15) is 18.0 Å². The summed E-state index contributed by atoms with van der Waals surface area (Å²) >= 11 is 0. The zero-order valence-corrected chi connectivity index (χ0v) is 19.1. The summed E-state index contributed by atoms with van der Waals surface area (Å²) in [5.74, 6) is 1.02. The van der Waals surface area contributed by atoms with Gasteiger partial charge in [0.15, 0.2) is 5.82 Å². The van der Waals surface area contributed by atoms with Crippen molar-refractivity contribution in [2.75, 3.05) is 6.54 Å². The van der Waals surface area contributed by atoms with Crippen LogP contribution in [-0.2, 0) is 23.0 Å². The molecule has 0 saturated carbocycles. The van der Waals surface area contributed by atoms with E-state index < -0.39 is 22.0 Å². The van der Waals surface area contributed by atoms with Gasteiger partial charge in [-0.2, -0.15) is 0 Å². The van der Waals surface area contributed by atoms with Gasteiger partial charge in [0.25, 0.3) is 21.8 Å². The number of carbonyl (C=O) groups is 2. The Morgan fingerprint density at radius 3 is 2.69 bits per heavy atom. The van der Waals surface area contributed by atoms with E-state index in [2.05, 4.69) is 14.8 Å². The number of sulfonamides is 1. The summed E-state index contributed by atoms with van der Waals surface area (Å²) in [6, 6.07) is 3.69. The summed E-state index contributed by atoms with van der Waals surface area (Å²) in [5.41, 5.74) is 0.393. The van der Waals surface area contributed by atoms with E-state index in [0.29, 0.717) is 6.54 Å². The van der Waals surface area contributed by atoms with Crippen LogP contribution in [0.1, 0.15) is 84.4 Å². The predicted molar refractivity (Wildman–Crippen MR) is 116 cm³/mol. The van der Waals surface area contributed by atoms with Crippen molar-refractivity contribution in [3.05, 3.63) is 41.0 Å². The molecule has 1 unspecified atom stereocenters. The number of benzene rings is 1. The molecule has 0 spiro atoms. The van der Waals surface area contributed by atoms with Gasteiger partial charge in [-0.1, -0.05) is 6.42 Å². The smallest absolute Gasteiger partial charge is 0.269 e. The Hall–Kier alpha value is -2.75. The second kappa shape index (κ2) is 7.68. The van der Waals surface area contributed by atoms with E-state index in [4.69, 9.17) is 0 Å². The summed E-state index contributed by atoms with van der Waals surface area (Å²) in [4.78, 5) is 27.8. The minimum absolute atomic E-state index is 0.0888. The van der Waals surface area contributed by atoms with Crippen molar-refractivity contribution in [2.24, 2.45) is 0 Å². The first kappa shape index (κ1) is 21.1. The summed E-state index contributed by atoms with van der Waals surface area (Å²) in [6.07, 6.45) is 5.87. The maximum absolute atomic E-state index is 13.5. The molecule has 2 aromatic rings. The third kappa shape index (κ3) is 3.15. The molecule has 4 heterocycles. The lowest BCUT2D eigenvalue weighted by Crippen LogP contribution is -2.36. The molecule has 3 aliphatic rings. The molecule has 1 atom stereocenters. The topological polar surface area (TPSA) is 105 Å². The zero-order valence-electron chi connectivity index (χ0n) is 18.3. The number of nitrogens with zero attached hydrogens (tertiary/aromatic N) is 5. The normalized spacial score (nSPS) is 22.2. The third-order valence-corrected chi connectivity index (χ3v) is 8.61. The van der Waals surface area contributed by atoms with E-state index in [1.807, 2.05) is 0 Å². The van der Waals surface area contributed by atoms with Crippen LogP contribution in [0.3, 0.4) is 0 Å². The van der Waals surface area contributed by atoms with Gasteiger partial charge >= 0.3 is 0 Å². The largest absolute Gasteiger partial charge is 0.328 e. The Bertz CT molecular complexity index is 1200. The minimum atomic E-state index is -3.96. The van der Waals surface area contributed by atoms with Crippen LogP contribution in [0.15, 0.2) is 23.1 Å².